The predicted octanol–water partition coefficient (Wildman–Crippen LogP) is 5.20. The van der Waals surface area contributed by atoms with Gasteiger partial charge in [-0.15, -0.1) is 0 Å². The van der Waals surface area contributed by atoms with Gasteiger partial charge < -0.3 is 5.11 Å². The van der Waals surface area contributed by atoms with Crippen molar-refractivity contribution in [1.82, 2.24) is 4.98 Å². The number of aromatic nitrogens is 1. The SMILES string of the molecule is N=C(C(=Cc1ccc(Cl)cc1)C(O)c1cccnc1)c1cc(F)cc(F)c1. The number of hydrogen-bond acceptors (Lipinski definition) is 3. The van der Waals surface area contributed by atoms with Gasteiger partial charge in [-0.25, -0.2) is 8.78 Å². The van der Waals surface area contributed by atoms with Crippen molar-refractivity contribution < 1.29 is 13.9 Å². The van der Waals surface area contributed by atoms with Crippen LogP contribution in [0, 0.1) is 17.0 Å². The van der Waals surface area contributed by atoms with E-state index in [-0.39, 0.29) is 16.8 Å². The van der Waals surface area contributed by atoms with E-state index in [9.17, 15) is 13.9 Å². The van der Waals surface area contributed by atoms with Gasteiger partial charge in [-0.1, -0.05) is 29.8 Å². The van der Waals surface area contributed by atoms with Crippen molar-refractivity contribution in [3.63, 3.8) is 0 Å². The standard InChI is InChI=1S/C21H15ClF2N2O/c22-16-5-3-13(4-6-16)8-19(21(27)14-2-1-7-26-12-14)20(25)15-9-17(23)11-18(24)10-15/h1-12,21,25,27H. The topological polar surface area (TPSA) is 57.0 Å². The quantitative estimate of drug-likeness (QED) is 0.594. The third-order valence-corrected chi connectivity index (χ3v) is 4.18. The van der Waals surface area contributed by atoms with Crippen LogP contribution in [-0.4, -0.2) is 15.8 Å². The van der Waals surface area contributed by atoms with Crippen molar-refractivity contribution >= 4 is 23.4 Å². The predicted molar refractivity (Wildman–Crippen MR) is 102 cm³/mol. The smallest absolute Gasteiger partial charge is 0.126 e. The molecule has 2 aromatic carbocycles. The number of nitrogens with zero attached hydrogens (tertiary/aromatic N) is 1. The molecule has 3 nitrogen and oxygen atoms in total. The average Bonchev–Trinajstić information content (AvgIpc) is 2.66. The van der Waals surface area contributed by atoms with Crippen LogP contribution in [0.3, 0.4) is 0 Å². The molecular formula is C21H15ClF2N2O. The van der Waals surface area contributed by atoms with Gasteiger partial charge in [0.05, 0.1) is 5.71 Å². The molecule has 1 unspecified atom stereocenters. The maximum absolute atomic E-state index is 13.6. The summed E-state index contributed by atoms with van der Waals surface area (Å²) in [6, 6.07) is 12.9. The molecule has 3 aromatic rings. The molecule has 1 atom stereocenters. The summed E-state index contributed by atoms with van der Waals surface area (Å²) in [6.07, 6.45) is 3.42. The van der Waals surface area contributed by atoms with Gasteiger partial charge in [0.2, 0.25) is 0 Å². The highest BCUT2D eigenvalue weighted by atomic mass is 35.5. The summed E-state index contributed by atoms with van der Waals surface area (Å²) >= 11 is 5.90. The van der Waals surface area contributed by atoms with Gasteiger partial charge in [0.1, 0.15) is 17.7 Å². The third-order valence-electron chi connectivity index (χ3n) is 3.93. The van der Waals surface area contributed by atoms with Crippen molar-refractivity contribution in [3.05, 3.63) is 106 Å². The highest BCUT2D eigenvalue weighted by Crippen LogP contribution is 2.27. The average molecular weight is 385 g/mol. The van der Waals surface area contributed by atoms with E-state index < -0.39 is 17.7 Å². The van der Waals surface area contributed by atoms with Crippen molar-refractivity contribution in [2.24, 2.45) is 0 Å². The molecule has 6 heteroatoms. The summed E-state index contributed by atoms with van der Waals surface area (Å²) in [5.41, 5.74) is 1.14. The van der Waals surface area contributed by atoms with E-state index in [4.69, 9.17) is 17.0 Å². The Bertz CT molecular complexity index is 969. The van der Waals surface area contributed by atoms with Gasteiger partial charge in [0.25, 0.3) is 0 Å². The Labute approximate surface area is 160 Å². The minimum Gasteiger partial charge on any atom is -0.384 e. The van der Waals surface area contributed by atoms with Crippen LogP contribution in [0.25, 0.3) is 6.08 Å². The van der Waals surface area contributed by atoms with Crippen LogP contribution >= 0.6 is 11.6 Å². The molecule has 0 saturated heterocycles. The van der Waals surface area contributed by atoms with Crippen LogP contribution in [0.2, 0.25) is 5.02 Å². The molecule has 27 heavy (non-hydrogen) atoms. The summed E-state index contributed by atoms with van der Waals surface area (Å²) in [6.45, 7) is 0. The van der Waals surface area contributed by atoms with E-state index >= 15 is 0 Å². The first-order valence-electron chi connectivity index (χ1n) is 8.04. The zero-order valence-electron chi connectivity index (χ0n) is 14.0. The summed E-state index contributed by atoms with van der Waals surface area (Å²) in [4.78, 5) is 3.97. The van der Waals surface area contributed by atoms with Crippen LogP contribution in [-0.2, 0) is 0 Å². The van der Waals surface area contributed by atoms with Gasteiger partial charge in [0, 0.05) is 40.2 Å². The molecule has 0 aliphatic carbocycles. The second-order valence-electron chi connectivity index (χ2n) is 5.87. The van der Waals surface area contributed by atoms with Crippen LogP contribution in [0.1, 0.15) is 22.8 Å². The molecular weight excluding hydrogens is 370 g/mol. The molecule has 0 spiro atoms. The molecule has 0 amide bonds. The van der Waals surface area contributed by atoms with Gasteiger partial charge in [-0.2, -0.15) is 0 Å². The Hall–Kier alpha value is -2.89. The monoisotopic (exact) mass is 384 g/mol. The fraction of sp³-hybridized carbons (Fsp3) is 0.0476. The molecule has 136 valence electrons. The molecule has 0 saturated carbocycles. The van der Waals surface area contributed by atoms with Gasteiger partial charge in [-0.3, -0.25) is 10.4 Å². The van der Waals surface area contributed by atoms with Crippen molar-refractivity contribution in [2.75, 3.05) is 0 Å². The highest BCUT2D eigenvalue weighted by Gasteiger charge is 2.20. The number of benzene rings is 2. The Morgan fingerprint density at radius 1 is 1.07 bits per heavy atom. The Morgan fingerprint density at radius 3 is 2.33 bits per heavy atom. The lowest BCUT2D eigenvalue weighted by Crippen LogP contribution is -2.13. The van der Waals surface area contributed by atoms with Crippen LogP contribution in [0.15, 0.2) is 72.6 Å². The lowest BCUT2D eigenvalue weighted by atomic mass is 9.92. The second-order valence-corrected chi connectivity index (χ2v) is 6.31. The first-order chi connectivity index (χ1) is 12.9. The highest BCUT2D eigenvalue weighted by molar-refractivity contribution is 6.30. The molecule has 0 radical (unpaired) electrons. The molecule has 0 fully saturated rings. The second kappa shape index (κ2) is 8.20. The lowest BCUT2D eigenvalue weighted by Gasteiger charge is -2.17. The fourth-order valence-corrected chi connectivity index (χ4v) is 2.73. The molecule has 2 N–H and O–H groups in total. The Kier molecular flexibility index (Phi) is 5.74. The number of rotatable bonds is 5. The van der Waals surface area contributed by atoms with E-state index in [1.807, 2.05) is 0 Å². The molecule has 1 heterocycles. The maximum atomic E-state index is 13.6. The van der Waals surface area contributed by atoms with Crippen LogP contribution in [0.4, 0.5) is 8.78 Å². The number of nitrogens with one attached hydrogen (secondary N) is 1. The molecule has 1 aromatic heterocycles. The molecule has 0 aliphatic heterocycles. The normalized spacial score (nSPS) is 12.7. The van der Waals surface area contributed by atoms with Crippen LogP contribution in [0.5, 0.6) is 0 Å². The maximum Gasteiger partial charge on any atom is 0.126 e. The molecule has 0 bridgehead atoms. The van der Waals surface area contributed by atoms with E-state index in [2.05, 4.69) is 4.98 Å². The van der Waals surface area contributed by atoms with Crippen LogP contribution < -0.4 is 0 Å². The first-order valence-corrected chi connectivity index (χ1v) is 8.42. The number of pyridine rings is 1. The number of aliphatic hydroxyl groups is 1. The Balaban J connectivity index is 2.08. The summed E-state index contributed by atoms with van der Waals surface area (Å²) in [5.74, 6) is -1.59. The largest absolute Gasteiger partial charge is 0.384 e. The van der Waals surface area contributed by atoms with E-state index in [0.717, 1.165) is 18.2 Å². The lowest BCUT2D eigenvalue weighted by molar-refractivity contribution is 0.222. The van der Waals surface area contributed by atoms with Gasteiger partial charge >= 0.3 is 0 Å². The number of aliphatic hydroxyl groups excluding tert-OH is 1. The Morgan fingerprint density at radius 2 is 1.74 bits per heavy atom. The first kappa shape index (κ1) is 18.9. The van der Waals surface area contributed by atoms with Crippen molar-refractivity contribution in [2.45, 2.75) is 6.10 Å². The number of halogens is 3. The zero-order chi connectivity index (χ0) is 19.4. The molecule has 0 aliphatic rings. The van der Waals surface area contributed by atoms with Crippen molar-refractivity contribution in [3.8, 4) is 0 Å². The van der Waals surface area contributed by atoms with E-state index in [1.54, 1.807) is 48.7 Å². The summed E-state index contributed by atoms with van der Waals surface area (Å²) < 4.78 is 27.2. The van der Waals surface area contributed by atoms with Gasteiger partial charge in [0.15, 0.2) is 0 Å². The molecule has 3 rings (SSSR count). The minimum absolute atomic E-state index is 0.0238. The number of hydrogen-bond donors (Lipinski definition) is 2. The van der Waals surface area contributed by atoms with Crippen molar-refractivity contribution in [1.29, 1.82) is 5.41 Å². The van der Waals surface area contributed by atoms with E-state index in [0.29, 0.717) is 16.1 Å². The van der Waals surface area contributed by atoms with E-state index in [1.165, 1.54) is 6.20 Å². The summed E-state index contributed by atoms with van der Waals surface area (Å²) in [5, 5.41) is 19.8. The zero-order valence-corrected chi connectivity index (χ0v) is 14.8. The minimum atomic E-state index is -1.20. The summed E-state index contributed by atoms with van der Waals surface area (Å²) in [7, 11) is 0. The third kappa shape index (κ3) is 4.64. The fourth-order valence-electron chi connectivity index (χ4n) is 2.61. The van der Waals surface area contributed by atoms with Gasteiger partial charge in [-0.05, 0) is 42.0 Å².